The topological polar surface area (TPSA) is 62.2 Å². The van der Waals surface area contributed by atoms with E-state index in [4.69, 9.17) is 9.47 Å². The minimum atomic E-state index is -0.150. The van der Waals surface area contributed by atoms with Crippen molar-refractivity contribution in [2.24, 2.45) is 5.41 Å². The Kier molecular flexibility index (Phi) is 5.28. The summed E-state index contributed by atoms with van der Waals surface area (Å²) in [4.78, 5) is 16.9. The van der Waals surface area contributed by atoms with Crippen molar-refractivity contribution in [3.63, 3.8) is 0 Å². The van der Waals surface area contributed by atoms with Gasteiger partial charge < -0.3 is 24.4 Å². The fraction of sp³-hybridized carbons (Fsp3) is 0.667. The van der Waals surface area contributed by atoms with E-state index < -0.39 is 0 Å². The lowest BCUT2D eigenvalue weighted by Gasteiger charge is -2.41. The molecule has 4 rings (SSSR count). The van der Waals surface area contributed by atoms with Gasteiger partial charge in [-0.2, -0.15) is 0 Å². The highest BCUT2D eigenvalue weighted by Crippen LogP contribution is 2.37. The summed E-state index contributed by atoms with van der Waals surface area (Å²) < 4.78 is 10.9. The second-order valence-corrected chi connectivity index (χ2v) is 8.56. The van der Waals surface area contributed by atoms with Crippen LogP contribution in [0.3, 0.4) is 0 Å². The van der Waals surface area contributed by atoms with E-state index >= 15 is 0 Å². The smallest absolute Gasteiger partial charge is 0.231 e. The van der Waals surface area contributed by atoms with Crippen molar-refractivity contribution < 1.29 is 19.4 Å². The summed E-state index contributed by atoms with van der Waals surface area (Å²) in [5.41, 5.74) is 1.32. The molecule has 1 aromatic carbocycles. The molecule has 1 amide bonds. The lowest BCUT2D eigenvalue weighted by atomic mass is 9.76. The molecule has 3 aliphatic rings. The Labute approximate surface area is 161 Å². The number of piperidine rings is 2. The van der Waals surface area contributed by atoms with Crippen LogP contribution in [0.5, 0.6) is 11.5 Å². The van der Waals surface area contributed by atoms with E-state index in [-0.39, 0.29) is 17.4 Å². The molecule has 3 aliphatic heterocycles. The van der Waals surface area contributed by atoms with Crippen molar-refractivity contribution in [2.75, 3.05) is 39.5 Å². The third kappa shape index (κ3) is 4.38. The molecule has 0 radical (unpaired) electrons. The van der Waals surface area contributed by atoms with E-state index in [1.807, 2.05) is 11.0 Å². The number of benzene rings is 1. The van der Waals surface area contributed by atoms with Crippen LogP contribution in [0.4, 0.5) is 0 Å². The number of ether oxygens (including phenoxy) is 2. The molecule has 27 heavy (non-hydrogen) atoms. The Hall–Kier alpha value is -1.79. The largest absolute Gasteiger partial charge is 0.454 e. The average molecular weight is 374 g/mol. The van der Waals surface area contributed by atoms with Gasteiger partial charge in [0.1, 0.15) is 0 Å². The van der Waals surface area contributed by atoms with Crippen molar-refractivity contribution in [2.45, 2.75) is 45.1 Å². The van der Waals surface area contributed by atoms with Gasteiger partial charge in [0.15, 0.2) is 11.5 Å². The van der Waals surface area contributed by atoms with Gasteiger partial charge in [0.05, 0.1) is 6.10 Å². The highest BCUT2D eigenvalue weighted by atomic mass is 16.7. The predicted octanol–water partition coefficient (Wildman–Crippen LogP) is 2.04. The van der Waals surface area contributed by atoms with E-state index in [2.05, 4.69) is 24.0 Å². The number of hydrogen-bond donors (Lipinski definition) is 1. The van der Waals surface area contributed by atoms with Crippen molar-refractivity contribution >= 4 is 5.91 Å². The summed E-state index contributed by atoms with van der Waals surface area (Å²) in [6.07, 6.45) is 4.02. The van der Waals surface area contributed by atoms with Gasteiger partial charge in [0, 0.05) is 39.1 Å². The van der Waals surface area contributed by atoms with Crippen LogP contribution < -0.4 is 9.47 Å². The fourth-order valence-corrected chi connectivity index (χ4v) is 4.49. The Morgan fingerprint density at radius 1 is 1.19 bits per heavy atom. The number of aliphatic hydroxyl groups excluding tert-OH is 1. The normalized spacial score (nSPS) is 26.6. The summed E-state index contributed by atoms with van der Waals surface area (Å²) in [5.74, 6) is 1.92. The minimum Gasteiger partial charge on any atom is -0.454 e. The van der Waals surface area contributed by atoms with E-state index in [0.29, 0.717) is 13.2 Å². The lowest BCUT2D eigenvalue weighted by molar-refractivity contribution is -0.137. The van der Waals surface area contributed by atoms with Crippen molar-refractivity contribution in [3.8, 4) is 11.5 Å². The molecule has 1 N–H and O–H groups in total. The summed E-state index contributed by atoms with van der Waals surface area (Å²) in [5, 5.41) is 9.65. The quantitative estimate of drug-likeness (QED) is 0.855. The Bertz CT molecular complexity index is 687. The first-order valence-corrected chi connectivity index (χ1v) is 10.1. The molecule has 0 saturated carbocycles. The van der Waals surface area contributed by atoms with Crippen molar-refractivity contribution in [1.82, 2.24) is 9.80 Å². The van der Waals surface area contributed by atoms with E-state index in [1.54, 1.807) is 0 Å². The summed E-state index contributed by atoms with van der Waals surface area (Å²) in [7, 11) is 0. The maximum atomic E-state index is 12.4. The van der Waals surface area contributed by atoms with E-state index in [1.165, 1.54) is 5.56 Å². The molecule has 2 fully saturated rings. The number of nitrogens with zero attached hydrogens (tertiary/aromatic N) is 2. The van der Waals surface area contributed by atoms with Gasteiger partial charge in [-0.05, 0) is 48.8 Å². The third-order valence-electron chi connectivity index (χ3n) is 6.18. The Balaban J connectivity index is 1.35. The number of rotatable bonds is 5. The standard InChI is InChI=1S/C21H30N2O4/c1-21(13-16-2-3-18-19(12-16)27-15-26-18)7-4-20(25)23(14-21)11-10-22-8-5-17(24)6-9-22/h2-3,12,17,24H,4-11,13-15H2,1H3. The molecular formula is C21H30N2O4. The summed E-state index contributed by atoms with van der Waals surface area (Å²) >= 11 is 0. The van der Waals surface area contributed by atoms with Gasteiger partial charge in [0.25, 0.3) is 0 Å². The van der Waals surface area contributed by atoms with Gasteiger partial charge >= 0.3 is 0 Å². The molecule has 6 heteroatoms. The third-order valence-corrected chi connectivity index (χ3v) is 6.18. The van der Waals surface area contributed by atoms with Gasteiger partial charge in [-0.3, -0.25) is 4.79 Å². The van der Waals surface area contributed by atoms with Crippen LogP contribution in [-0.4, -0.2) is 66.4 Å². The number of hydrogen-bond acceptors (Lipinski definition) is 5. The minimum absolute atomic E-state index is 0.0830. The summed E-state index contributed by atoms with van der Waals surface area (Å²) in [6.45, 7) is 6.93. The number of carbonyl (C=O) groups is 1. The summed E-state index contributed by atoms with van der Waals surface area (Å²) in [6, 6.07) is 6.17. The Morgan fingerprint density at radius 3 is 2.78 bits per heavy atom. The zero-order chi connectivity index (χ0) is 18.9. The van der Waals surface area contributed by atoms with Gasteiger partial charge in [-0.15, -0.1) is 0 Å². The predicted molar refractivity (Wildman–Crippen MR) is 102 cm³/mol. The molecule has 1 unspecified atom stereocenters. The van der Waals surface area contributed by atoms with Crippen molar-refractivity contribution in [1.29, 1.82) is 0 Å². The first kappa shape index (κ1) is 18.6. The van der Waals surface area contributed by atoms with Crippen LogP contribution in [-0.2, 0) is 11.2 Å². The van der Waals surface area contributed by atoms with Crippen LogP contribution in [0.25, 0.3) is 0 Å². The molecule has 2 saturated heterocycles. The van der Waals surface area contributed by atoms with Crippen molar-refractivity contribution in [3.05, 3.63) is 23.8 Å². The number of carbonyl (C=O) groups excluding carboxylic acids is 1. The highest BCUT2D eigenvalue weighted by molar-refractivity contribution is 5.77. The second-order valence-electron chi connectivity index (χ2n) is 8.56. The van der Waals surface area contributed by atoms with Gasteiger partial charge in [-0.1, -0.05) is 13.0 Å². The SMILES string of the molecule is CC1(Cc2ccc3c(c2)OCO3)CCC(=O)N(CCN2CCC(O)CC2)C1. The molecule has 0 aromatic heterocycles. The lowest BCUT2D eigenvalue weighted by Crippen LogP contribution is -2.49. The molecule has 1 atom stereocenters. The molecule has 0 bridgehead atoms. The van der Waals surface area contributed by atoms with Crippen LogP contribution in [0.2, 0.25) is 0 Å². The fourth-order valence-electron chi connectivity index (χ4n) is 4.49. The monoisotopic (exact) mass is 374 g/mol. The van der Waals surface area contributed by atoms with Crippen LogP contribution >= 0.6 is 0 Å². The first-order chi connectivity index (χ1) is 13.0. The van der Waals surface area contributed by atoms with Gasteiger partial charge in [0.2, 0.25) is 12.7 Å². The average Bonchev–Trinajstić information content (AvgIpc) is 3.12. The van der Waals surface area contributed by atoms with Crippen LogP contribution in [0, 0.1) is 5.41 Å². The molecule has 0 aliphatic carbocycles. The molecule has 1 aromatic rings. The Morgan fingerprint density at radius 2 is 1.96 bits per heavy atom. The maximum absolute atomic E-state index is 12.4. The molecule has 0 spiro atoms. The second kappa shape index (κ2) is 7.68. The first-order valence-electron chi connectivity index (χ1n) is 10.1. The van der Waals surface area contributed by atoms with Crippen LogP contribution in [0.1, 0.15) is 38.2 Å². The number of likely N-dealkylation sites (tertiary alicyclic amines) is 2. The van der Waals surface area contributed by atoms with Gasteiger partial charge in [-0.25, -0.2) is 0 Å². The number of amides is 1. The van der Waals surface area contributed by atoms with E-state index in [9.17, 15) is 9.90 Å². The molecule has 3 heterocycles. The number of fused-ring (bicyclic) bond motifs is 1. The molecule has 148 valence electrons. The molecule has 6 nitrogen and oxygen atoms in total. The number of aliphatic hydroxyl groups is 1. The maximum Gasteiger partial charge on any atom is 0.231 e. The highest BCUT2D eigenvalue weighted by Gasteiger charge is 2.35. The molecular weight excluding hydrogens is 344 g/mol. The zero-order valence-electron chi connectivity index (χ0n) is 16.2. The zero-order valence-corrected chi connectivity index (χ0v) is 16.2. The van der Waals surface area contributed by atoms with E-state index in [0.717, 1.165) is 69.9 Å². The van der Waals surface area contributed by atoms with Crippen LogP contribution in [0.15, 0.2) is 18.2 Å².